The molecule has 14 heavy (non-hydrogen) atoms. The highest BCUT2D eigenvalue weighted by atomic mass is 16.5. The largest absolute Gasteiger partial charge is 0.384 e. The van der Waals surface area contributed by atoms with Gasteiger partial charge in [-0.1, -0.05) is 0 Å². The number of methoxy groups -OCH3 is 1. The predicted octanol–water partition coefficient (Wildman–Crippen LogP) is 0.971. The molecular weight excluding hydrogens is 178 g/mol. The van der Waals surface area contributed by atoms with Crippen LogP contribution >= 0.6 is 0 Å². The number of aromatic nitrogens is 2. The zero-order valence-electron chi connectivity index (χ0n) is 8.79. The van der Waals surface area contributed by atoms with Crippen LogP contribution in [0.4, 0.5) is 5.82 Å². The number of hydrogen-bond acceptors (Lipinski definition) is 3. The van der Waals surface area contributed by atoms with E-state index >= 15 is 0 Å². The zero-order chi connectivity index (χ0) is 10.2. The van der Waals surface area contributed by atoms with Crippen molar-refractivity contribution in [2.24, 2.45) is 12.5 Å². The van der Waals surface area contributed by atoms with E-state index in [1.807, 2.05) is 13.1 Å². The van der Waals surface area contributed by atoms with Crippen molar-refractivity contribution in [3.8, 4) is 0 Å². The van der Waals surface area contributed by atoms with Gasteiger partial charge in [0.2, 0.25) is 0 Å². The Morgan fingerprint density at radius 2 is 2.36 bits per heavy atom. The maximum Gasteiger partial charge on any atom is 0.121 e. The van der Waals surface area contributed by atoms with Gasteiger partial charge in [-0.15, -0.1) is 0 Å². The Labute approximate surface area is 84.0 Å². The average Bonchev–Trinajstić information content (AvgIpc) is 2.77. The van der Waals surface area contributed by atoms with Gasteiger partial charge < -0.3 is 10.5 Å². The summed E-state index contributed by atoms with van der Waals surface area (Å²) in [5.41, 5.74) is 7.16. The number of hydrogen-bond donors (Lipinski definition) is 1. The summed E-state index contributed by atoms with van der Waals surface area (Å²) >= 11 is 0. The summed E-state index contributed by atoms with van der Waals surface area (Å²) in [4.78, 5) is 0. The van der Waals surface area contributed by atoms with Gasteiger partial charge in [-0.2, -0.15) is 5.10 Å². The third kappa shape index (κ3) is 1.75. The molecule has 78 valence electrons. The van der Waals surface area contributed by atoms with E-state index in [9.17, 15) is 0 Å². The van der Waals surface area contributed by atoms with Crippen LogP contribution in [0.2, 0.25) is 0 Å². The number of anilines is 1. The van der Waals surface area contributed by atoms with Crippen LogP contribution in [0.5, 0.6) is 0 Å². The number of nitrogens with zero attached hydrogens (tertiary/aromatic N) is 2. The normalized spacial score (nSPS) is 18.4. The molecule has 1 aromatic heterocycles. The minimum absolute atomic E-state index is 0.357. The van der Waals surface area contributed by atoms with E-state index < -0.39 is 0 Å². The summed E-state index contributed by atoms with van der Waals surface area (Å²) in [6.45, 7) is 0.837. The first-order valence-corrected chi connectivity index (χ1v) is 4.93. The standard InChI is InChI=1S/C10H17N3O/c1-13-9(11)5-8(12-13)6-10(3-4-10)7-14-2/h5H,3-4,6-7,11H2,1-2H3. The monoisotopic (exact) mass is 195 g/mol. The molecule has 4 nitrogen and oxygen atoms in total. The first kappa shape index (κ1) is 9.52. The van der Waals surface area contributed by atoms with Crippen molar-refractivity contribution in [2.45, 2.75) is 19.3 Å². The van der Waals surface area contributed by atoms with Crippen molar-refractivity contribution < 1.29 is 4.74 Å². The molecule has 2 rings (SSSR count). The molecule has 0 spiro atoms. The fourth-order valence-corrected chi connectivity index (χ4v) is 1.87. The van der Waals surface area contributed by atoms with Gasteiger partial charge in [-0.05, 0) is 24.7 Å². The minimum Gasteiger partial charge on any atom is -0.384 e. The smallest absolute Gasteiger partial charge is 0.121 e. The Balaban J connectivity index is 2.03. The molecule has 1 heterocycles. The van der Waals surface area contributed by atoms with E-state index in [1.165, 1.54) is 12.8 Å². The van der Waals surface area contributed by atoms with Crippen LogP contribution in [-0.4, -0.2) is 23.5 Å². The summed E-state index contributed by atoms with van der Waals surface area (Å²) < 4.78 is 6.93. The maximum absolute atomic E-state index is 5.72. The highest BCUT2D eigenvalue weighted by molar-refractivity contribution is 5.31. The number of nitrogens with two attached hydrogens (primary N) is 1. The zero-order valence-corrected chi connectivity index (χ0v) is 8.79. The van der Waals surface area contributed by atoms with E-state index in [-0.39, 0.29) is 0 Å². The van der Waals surface area contributed by atoms with Gasteiger partial charge in [-0.25, -0.2) is 0 Å². The third-order valence-electron chi connectivity index (χ3n) is 2.93. The molecule has 1 saturated carbocycles. The van der Waals surface area contributed by atoms with E-state index in [4.69, 9.17) is 10.5 Å². The first-order chi connectivity index (χ1) is 6.65. The number of ether oxygens (including phenoxy) is 1. The summed E-state index contributed by atoms with van der Waals surface area (Å²) in [6, 6.07) is 1.95. The van der Waals surface area contributed by atoms with Gasteiger partial charge in [-0.3, -0.25) is 4.68 Å². The fraction of sp³-hybridized carbons (Fsp3) is 0.700. The molecule has 0 aliphatic heterocycles. The Bertz CT molecular complexity index is 309. The van der Waals surface area contributed by atoms with Gasteiger partial charge >= 0.3 is 0 Å². The molecule has 0 saturated heterocycles. The molecular formula is C10H17N3O. The highest BCUT2D eigenvalue weighted by Crippen LogP contribution is 2.48. The van der Waals surface area contributed by atoms with Crippen LogP contribution in [0, 0.1) is 5.41 Å². The van der Waals surface area contributed by atoms with Crippen LogP contribution in [0.25, 0.3) is 0 Å². The van der Waals surface area contributed by atoms with E-state index in [0.717, 1.165) is 24.5 Å². The summed E-state index contributed by atoms with van der Waals surface area (Å²) in [7, 11) is 3.63. The van der Waals surface area contributed by atoms with E-state index in [2.05, 4.69) is 5.10 Å². The second kappa shape index (κ2) is 3.28. The highest BCUT2D eigenvalue weighted by Gasteiger charge is 2.43. The van der Waals surface area contributed by atoms with Crippen molar-refractivity contribution in [3.05, 3.63) is 11.8 Å². The van der Waals surface area contributed by atoms with Crippen LogP contribution in [0.1, 0.15) is 18.5 Å². The molecule has 0 unspecified atom stereocenters. The number of rotatable bonds is 4. The topological polar surface area (TPSA) is 53.1 Å². The lowest BCUT2D eigenvalue weighted by molar-refractivity contribution is 0.140. The molecule has 1 aromatic rings. The maximum atomic E-state index is 5.72. The number of aryl methyl sites for hydroxylation is 1. The SMILES string of the molecule is COCC1(Cc2cc(N)n(C)n2)CC1. The Morgan fingerprint density at radius 1 is 1.64 bits per heavy atom. The Morgan fingerprint density at radius 3 is 2.79 bits per heavy atom. The molecule has 2 N–H and O–H groups in total. The second-order valence-electron chi connectivity index (χ2n) is 4.29. The van der Waals surface area contributed by atoms with Crippen LogP contribution < -0.4 is 5.73 Å². The molecule has 4 heteroatoms. The lowest BCUT2D eigenvalue weighted by atomic mass is 10.0. The quantitative estimate of drug-likeness (QED) is 0.779. The fourth-order valence-electron chi connectivity index (χ4n) is 1.87. The van der Waals surface area contributed by atoms with Crippen molar-refractivity contribution in [1.82, 2.24) is 9.78 Å². The summed E-state index contributed by atoms with van der Waals surface area (Å²) in [5.74, 6) is 0.730. The molecule has 0 bridgehead atoms. The first-order valence-electron chi connectivity index (χ1n) is 4.93. The second-order valence-corrected chi connectivity index (χ2v) is 4.29. The van der Waals surface area contributed by atoms with Gasteiger partial charge in [0.05, 0.1) is 12.3 Å². The van der Waals surface area contributed by atoms with Gasteiger partial charge in [0.15, 0.2) is 0 Å². The van der Waals surface area contributed by atoms with Crippen molar-refractivity contribution in [2.75, 3.05) is 19.5 Å². The van der Waals surface area contributed by atoms with Gasteiger partial charge in [0.25, 0.3) is 0 Å². The Kier molecular flexibility index (Phi) is 2.23. The molecule has 1 fully saturated rings. The summed E-state index contributed by atoms with van der Waals surface area (Å²) in [6.07, 6.45) is 3.49. The molecule has 0 radical (unpaired) electrons. The van der Waals surface area contributed by atoms with E-state index in [1.54, 1.807) is 11.8 Å². The summed E-state index contributed by atoms with van der Waals surface area (Å²) in [5, 5.41) is 4.35. The van der Waals surface area contributed by atoms with Crippen molar-refractivity contribution in [3.63, 3.8) is 0 Å². The minimum atomic E-state index is 0.357. The molecule has 0 amide bonds. The van der Waals surface area contributed by atoms with Gasteiger partial charge in [0, 0.05) is 20.2 Å². The molecule has 1 aliphatic rings. The lowest BCUT2D eigenvalue weighted by Crippen LogP contribution is -2.12. The molecule has 1 aliphatic carbocycles. The third-order valence-corrected chi connectivity index (χ3v) is 2.93. The van der Waals surface area contributed by atoms with Crippen molar-refractivity contribution >= 4 is 5.82 Å². The van der Waals surface area contributed by atoms with E-state index in [0.29, 0.717) is 5.41 Å². The van der Waals surface area contributed by atoms with Crippen LogP contribution in [0.3, 0.4) is 0 Å². The molecule has 0 atom stereocenters. The van der Waals surface area contributed by atoms with Crippen molar-refractivity contribution in [1.29, 1.82) is 0 Å². The average molecular weight is 195 g/mol. The van der Waals surface area contributed by atoms with Crippen LogP contribution in [0.15, 0.2) is 6.07 Å². The van der Waals surface area contributed by atoms with Crippen LogP contribution in [-0.2, 0) is 18.2 Å². The predicted molar refractivity (Wildman–Crippen MR) is 54.9 cm³/mol. The lowest BCUT2D eigenvalue weighted by Gasteiger charge is -2.11. The van der Waals surface area contributed by atoms with Gasteiger partial charge in [0.1, 0.15) is 5.82 Å². The number of nitrogen functional groups attached to an aromatic ring is 1. The molecule has 0 aromatic carbocycles. The Hall–Kier alpha value is -1.03.